The number of carbonyl (C=O) groups excluding carboxylic acids is 1. The molecule has 0 saturated carbocycles. The van der Waals surface area contributed by atoms with E-state index in [1.54, 1.807) is 13.2 Å². The zero-order valence-electron chi connectivity index (χ0n) is 16.1. The molecule has 2 aromatic rings. The van der Waals surface area contributed by atoms with E-state index in [9.17, 15) is 4.79 Å². The fraction of sp³-hybridized carbons (Fsp3) is 0.550. The summed E-state index contributed by atoms with van der Waals surface area (Å²) < 4.78 is 7.49. The molecule has 2 aliphatic rings. The van der Waals surface area contributed by atoms with Crippen LogP contribution in [-0.2, 0) is 13.0 Å². The van der Waals surface area contributed by atoms with E-state index in [2.05, 4.69) is 26.7 Å². The number of hydrogen-bond donors (Lipinski definition) is 0. The monoisotopic (exact) mass is 369 g/mol. The average Bonchev–Trinajstić information content (AvgIpc) is 2.98. The van der Waals surface area contributed by atoms with E-state index >= 15 is 0 Å². The van der Waals surface area contributed by atoms with Crippen LogP contribution >= 0.6 is 0 Å². The standard InChI is InChI=1S/C20H27N5O2/c1-23-10-4-3-8-17(23)19-22-21-18-9-11-24(12-13-25(18)19)20(26)15-6-5-7-16(14-15)27-2/h5-7,14,17H,3-4,8-13H2,1-2H3. The summed E-state index contributed by atoms with van der Waals surface area (Å²) in [5.41, 5.74) is 0.666. The van der Waals surface area contributed by atoms with Crippen LogP contribution in [0.5, 0.6) is 5.75 Å². The minimum absolute atomic E-state index is 0.0453. The molecule has 144 valence electrons. The number of ether oxygens (including phenoxy) is 1. The average molecular weight is 369 g/mol. The van der Waals surface area contributed by atoms with Crippen LogP contribution in [0.25, 0.3) is 0 Å². The summed E-state index contributed by atoms with van der Waals surface area (Å²) in [6, 6.07) is 7.69. The molecule has 1 fully saturated rings. The molecule has 1 aromatic heterocycles. The van der Waals surface area contributed by atoms with E-state index in [0.717, 1.165) is 37.6 Å². The van der Waals surface area contributed by atoms with Crippen molar-refractivity contribution in [3.63, 3.8) is 0 Å². The van der Waals surface area contributed by atoms with Gasteiger partial charge >= 0.3 is 0 Å². The van der Waals surface area contributed by atoms with Gasteiger partial charge in [0, 0.05) is 31.6 Å². The number of hydrogen-bond acceptors (Lipinski definition) is 5. The second kappa shape index (κ2) is 7.68. The Morgan fingerprint density at radius 1 is 1.15 bits per heavy atom. The lowest BCUT2D eigenvalue weighted by atomic mass is 10.0. The normalized spacial score (nSPS) is 20.8. The van der Waals surface area contributed by atoms with Crippen LogP contribution in [0, 0.1) is 0 Å². The highest BCUT2D eigenvalue weighted by atomic mass is 16.5. The molecule has 3 heterocycles. The van der Waals surface area contributed by atoms with Gasteiger partial charge in [0.25, 0.3) is 5.91 Å². The summed E-state index contributed by atoms with van der Waals surface area (Å²) in [6.07, 6.45) is 4.34. The predicted octanol–water partition coefficient (Wildman–Crippen LogP) is 2.14. The lowest BCUT2D eigenvalue weighted by Crippen LogP contribution is -2.34. The quantitative estimate of drug-likeness (QED) is 0.829. The van der Waals surface area contributed by atoms with Gasteiger partial charge in [-0.3, -0.25) is 9.69 Å². The minimum Gasteiger partial charge on any atom is -0.497 e. The molecule has 0 bridgehead atoms. The largest absolute Gasteiger partial charge is 0.497 e. The van der Waals surface area contributed by atoms with Crippen molar-refractivity contribution >= 4 is 5.91 Å². The van der Waals surface area contributed by atoms with Crippen LogP contribution in [-0.4, -0.2) is 64.3 Å². The number of nitrogens with zero attached hydrogens (tertiary/aromatic N) is 5. The van der Waals surface area contributed by atoms with E-state index in [-0.39, 0.29) is 5.91 Å². The zero-order chi connectivity index (χ0) is 18.8. The van der Waals surface area contributed by atoms with Crippen molar-refractivity contribution in [3.05, 3.63) is 41.5 Å². The Balaban J connectivity index is 1.51. The lowest BCUT2D eigenvalue weighted by Gasteiger charge is -2.32. The van der Waals surface area contributed by atoms with Gasteiger partial charge in [-0.15, -0.1) is 10.2 Å². The molecule has 0 aliphatic carbocycles. The first-order chi connectivity index (χ1) is 13.2. The van der Waals surface area contributed by atoms with E-state index < -0.39 is 0 Å². The molecule has 7 heteroatoms. The van der Waals surface area contributed by atoms with Gasteiger partial charge in [-0.25, -0.2) is 0 Å². The number of carbonyl (C=O) groups is 1. The maximum absolute atomic E-state index is 12.9. The zero-order valence-corrected chi connectivity index (χ0v) is 16.1. The van der Waals surface area contributed by atoms with Crippen molar-refractivity contribution in [2.75, 3.05) is 33.8 Å². The van der Waals surface area contributed by atoms with Crippen LogP contribution in [0.1, 0.15) is 47.3 Å². The second-order valence-corrected chi connectivity index (χ2v) is 7.39. The van der Waals surface area contributed by atoms with Crippen molar-refractivity contribution in [1.82, 2.24) is 24.6 Å². The van der Waals surface area contributed by atoms with Gasteiger partial charge in [0.2, 0.25) is 0 Å². The molecule has 7 nitrogen and oxygen atoms in total. The molecule has 0 spiro atoms. The summed E-state index contributed by atoms with van der Waals surface area (Å²) in [6.45, 7) is 3.18. The molecule has 1 aromatic carbocycles. The first-order valence-electron chi connectivity index (χ1n) is 9.73. The Kier molecular flexibility index (Phi) is 5.11. The van der Waals surface area contributed by atoms with E-state index in [1.165, 1.54) is 12.8 Å². The van der Waals surface area contributed by atoms with Gasteiger partial charge in [-0.05, 0) is 44.6 Å². The van der Waals surface area contributed by atoms with Crippen LogP contribution in [0.3, 0.4) is 0 Å². The molecular formula is C20H27N5O2. The van der Waals surface area contributed by atoms with Gasteiger partial charge in [0.1, 0.15) is 17.4 Å². The fourth-order valence-electron chi connectivity index (χ4n) is 4.13. The Hall–Kier alpha value is -2.41. The molecule has 4 rings (SSSR count). The Bertz CT molecular complexity index is 818. The number of rotatable bonds is 3. The molecule has 0 N–H and O–H groups in total. The number of fused-ring (bicyclic) bond motifs is 1. The molecule has 0 radical (unpaired) electrons. The number of likely N-dealkylation sites (tertiary alicyclic amines) is 1. The smallest absolute Gasteiger partial charge is 0.254 e. The summed E-state index contributed by atoms with van der Waals surface area (Å²) in [5, 5.41) is 8.96. The summed E-state index contributed by atoms with van der Waals surface area (Å²) in [7, 11) is 3.78. The van der Waals surface area contributed by atoms with Crippen LogP contribution in [0.15, 0.2) is 24.3 Å². The molecule has 27 heavy (non-hydrogen) atoms. The van der Waals surface area contributed by atoms with Gasteiger partial charge in [0.15, 0.2) is 0 Å². The molecule has 1 amide bonds. The van der Waals surface area contributed by atoms with Crippen molar-refractivity contribution in [3.8, 4) is 5.75 Å². The van der Waals surface area contributed by atoms with Gasteiger partial charge in [-0.2, -0.15) is 0 Å². The number of benzene rings is 1. The van der Waals surface area contributed by atoms with Crippen LogP contribution in [0.4, 0.5) is 0 Å². The molecular weight excluding hydrogens is 342 g/mol. The van der Waals surface area contributed by atoms with Gasteiger partial charge in [-0.1, -0.05) is 12.5 Å². The lowest BCUT2D eigenvalue weighted by molar-refractivity contribution is 0.0757. The van der Waals surface area contributed by atoms with E-state index in [1.807, 2.05) is 23.1 Å². The fourth-order valence-corrected chi connectivity index (χ4v) is 4.13. The molecule has 1 unspecified atom stereocenters. The van der Waals surface area contributed by atoms with Crippen LogP contribution < -0.4 is 4.74 Å². The predicted molar refractivity (Wildman–Crippen MR) is 102 cm³/mol. The Labute approximate surface area is 159 Å². The molecule has 2 aliphatic heterocycles. The summed E-state index contributed by atoms with van der Waals surface area (Å²) in [4.78, 5) is 17.2. The highest BCUT2D eigenvalue weighted by Gasteiger charge is 2.29. The maximum atomic E-state index is 12.9. The van der Waals surface area contributed by atoms with Gasteiger partial charge < -0.3 is 14.2 Å². The van der Waals surface area contributed by atoms with Gasteiger partial charge in [0.05, 0.1) is 13.2 Å². The van der Waals surface area contributed by atoms with Crippen molar-refractivity contribution in [2.24, 2.45) is 0 Å². The number of amides is 1. The number of methoxy groups -OCH3 is 1. The van der Waals surface area contributed by atoms with E-state index in [4.69, 9.17) is 4.74 Å². The van der Waals surface area contributed by atoms with Crippen molar-refractivity contribution in [2.45, 2.75) is 38.3 Å². The van der Waals surface area contributed by atoms with Crippen molar-refractivity contribution < 1.29 is 9.53 Å². The summed E-state index contributed by atoms with van der Waals surface area (Å²) in [5.74, 6) is 2.80. The number of aromatic nitrogens is 3. The minimum atomic E-state index is 0.0453. The first-order valence-corrected chi connectivity index (χ1v) is 9.73. The van der Waals surface area contributed by atoms with Crippen molar-refractivity contribution in [1.29, 1.82) is 0 Å². The third-order valence-corrected chi connectivity index (χ3v) is 5.73. The maximum Gasteiger partial charge on any atom is 0.254 e. The Morgan fingerprint density at radius 3 is 2.85 bits per heavy atom. The third kappa shape index (κ3) is 3.56. The first kappa shape index (κ1) is 18.0. The SMILES string of the molecule is COc1cccc(C(=O)N2CCc3nnc(C4CCCCN4C)n3CC2)c1. The summed E-state index contributed by atoms with van der Waals surface area (Å²) >= 11 is 0. The third-order valence-electron chi connectivity index (χ3n) is 5.73. The molecule has 1 atom stereocenters. The van der Waals surface area contributed by atoms with Crippen LogP contribution in [0.2, 0.25) is 0 Å². The second-order valence-electron chi connectivity index (χ2n) is 7.39. The van der Waals surface area contributed by atoms with E-state index in [0.29, 0.717) is 30.4 Å². The topological polar surface area (TPSA) is 63.5 Å². The molecule has 1 saturated heterocycles. The Morgan fingerprint density at radius 2 is 2.04 bits per heavy atom. The highest BCUT2D eigenvalue weighted by Crippen LogP contribution is 2.29. The highest BCUT2D eigenvalue weighted by molar-refractivity contribution is 5.94. The number of piperidine rings is 1.